The van der Waals surface area contributed by atoms with Crippen LogP contribution in [-0.2, 0) is 4.79 Å². The van der Waals surface area contributed by atoms with Crippen LogP contribution in [-0.4, -0.2) is 17.9 Å². The lowest BCUT2D eigenvalue weighted by Gasteiger charge is -2.18. The van der Waals surface area contributed by atoms with Crippen LogP contribution < -0.4 is 11.1 Å². The lowest BCUT2D eigenvalue weighted by Crippen LogP contribution is -2.47. The molecule has 0 saturated carbocycles. The molecule has 0 radical (unpaired) electrons. The Morgan fingerprint density at radius 3 is 2.53 bits per heavy atom. The van der Waals surface area contributed by atoms with E-state index in [9.17, 15) is 9.59 Å². The second-order valence-electron chi connectivity index (χ2n) is 3.57. The van der Waals surface area contributed by atoms with Gasteiger partial charge in [0.25, 0.3) is 5.91 Å². The summed E-state index contributed by atoms with van der Waals surface area (Å²) in [6.45, 7) is 3.67. The van der Waals surface area contributed by atoms with Gasteiger partial charge in [-0.05, 0) is 17.4 Å². The topological polar surface area (TPSA) is 72.2 Å². The molecule has 0 spiro atoms. The van der Waals surface area contributed by atoms with Gasteiger partial charge >= 0.3 is 0 Å². The van der Waals surface area contributed by atoms with E-state index in [-0.39, 0.29) is 11.8 Å². The molecule has 4 nitrogen and oxygen atoms in total. The van der Waals surface area contributed by atoms with Gasteiger partial charge < -0.3 is 11.1 Å². The predicted octanol–water partition coefficient (Wildman–Crippen LogP) is 0.988. The van der Waals surface area contributed by atoms with Crippen molar-refractivity contribution in [3.8, 4) is 0 Å². The number of hydrogen-bond acceptors (Lipinski definition) is 3. The Morgan fingerprint density at radius 2 is 2.13 bits per heavy atom. The second-order valence-corrected chi connectivity index (χ2v) is 4.52. The van der Waals surface area contributed by atoms with Crippen LogP contribution in [0.25, 0.3) is 0 Å². The van der Waals surface area contributed by atoms with Crippen molar-refractivity contribution >= 4 is 23.2 Å². The van der Waals surface area contributed by atoms with Gasteiger partial charge in [-0.25, -0.2) is 0 Å². The average molecular weight is 226 g/mol. The monoisotopic (exact) mass is 226 g/mol. The van der Waals surface area contributed by atoms with Crippen LogP contribution in [0, 0.1) is 5.92 Å². The zero-order valence-corrected chi connectivity index (χ0v) is 9.51. The van der Waals surface area contributed by atoms with Crippen molar-refractivity contribution in [3.63, 3.8) is 0 Å². The van der Waals surface area contributed by atoms with Gasteiger partial charge in [-0.3, -0.25) is 9.59 Å². The summed E-state index contributed by atoms with van der Waals surface area (Å²) in [4.78, 5) is 23.3. The van der Waals surface area contributed by atoms with Crippen molar-refractivity contribution in [2.45, 2.75) is 19.9 Å². The molecule has 0 aliphatic rings. The lowest BCUT2D eigenvalue weighted by molar-refractivity contribution is -0.120. The SMILES string of the molecule is CC(C)[C@@H](NC(=O)c1cccs1)C(N)=O. The molecule has 15 heavy (non-hydrogen) atoms. The minimum atomic E-state index is -0.611. The van der Waals surface area contributed by atoms with E-state index in [0.29, 0.717) is 4.88 Å². The van der Waals surface area contributed by atoms with Gasteiger partial charge in [0.15, 0.2) is 0 Å². The predicted molar refractivity (Wildman–Crippen MR) is 59.6 cm³/mol. The molecule has 1 aromatic heterocycles. The first kappa shape index (κ1) is 11.7. The maximum atomic E-state index is 11.6. The van der Waals surface area contributed by atoms with Crippen molar-refractivity contribution in [1.82, 2.24) is 5.32 Å². The molecule has 0 aromatic carbocycles. The number of nitrogens with one attached hydrogen (secondary N) is 1. The quantitative estimate of drug-likeness (QED) is 0.803. The highest BCUT2D eigenvalue weighted by Crippen LogP contribution is 2.09. The Hall–Kier alpha value is -1.36. The van der Waals surface area contributed by atoms with Gasteiger partial charge in [-0.15, -0.1) is 11.3 Å². The van der Waals surface area contributed by atoms with Gasteiger partial charge in [-0.1, -0.05) is 19.9 Å². The summed E-state index contributed by atoms with van der Waals surface area (Å²) in [7, 11) is 0. The zero-order chi connectivity index (χ0) is 11.4. The van der Waals surface area contributed by atoms with Gasteiger partial charge in [0, 0.05) is 0 Å². The fourth-order valence-corrected chi connectivity index (χ4v) is 1.81. The first-order chi connectivity index (χ1) is 7.02. The van der Waals surface area contributed by atoms with Gasteiger partial charge in [0.2, 0.25) is 5.91 Å². The number of amides is 2. The number of nitrogens with two attached hydrogens (primary N) is 1. The molecule has 3 N–H and O–H groups in total. The highest BCUT2D eigenvalue weighted by molar-refractivity contribution is 7.12. The summed E-state index contributed by atoms with van der Waals surface area (Å²) in [6, 6.07) is 2.88. The van der Waals surface area contributed by atoms with E-state index < -0.39 is 11.9 Å². The largest absolute Gasteiger partial charge is 0.368 e. The second kappa shape index (κ2) is 4.93. The van der Waals surface area contributed by atoms with Crippen LogP contribution in [0.4, 0.5) is 0 Å². The number of rotatable bonds is 4. The minimum absolute atomic E-state index is 0.00795. The summed E-state index contributed by atoms with van der Waals surface area (Å²) in [5.74, 6) is -0.760. The maximum Gasteiger partial charge on any atom is 0.262 e. The van der Waals surface area contributed by atoms with E-state index in [2.05, 4.69) is 5.32 Å². The molecule has 1 aromatic rings. The van der Waals surface area contributed by atoms with E-state index in [1.807, 2.05) is 19.2 Å². The van der Waals surface area contributed by atoms with Crippen LogP contribution in [0.5, 0.6) is 0 Å². The molecule has 0 saturated heterocycles. The van der Waals surface area contributed by atoms with Crippen LogP contribution in [0.2, 0.25) is 0 Å². The third-order valence-electron chi connectivity index (χ3n) is 2.00. The van der Waals surface area contributed by atoms with Crippen LogP contribution in [0.1, 0.15) is 23.5 Å². The maximum absolute atomic E-state index is 11.6. The zero-order valence-electron chi connectivity index (χ0n) is 8.69. The fraction of sp³-hybridized carbons (Fsp3) is 0.400. The van der Waals surface area contributed by atoms with Crippen molar-refractivity contribution in [3.05, 3.63) is 22.4 Å². The molecule has 0 fully saturated rings. The van der Waals surface area contributed by atoms with E-state index in [4.69, 9.17) is 5.73 Å². The Bertz CT molecular complexity index is 346. The van der Waals surface area contributed by atoms with Crippen molar-refractivity contribution in [1.29, 1.82) is 0 Å². The first-order valence-electron chi connectivity index (χ1n) is 4.66. The number of primary amides is 1. The summed E-state index contributed by atoms with van der Waals surface area (Å²) in [6.07, 6.45) is 0. The molecule has 0 bridgehead atoms. The summed E-state index contributed by atoms with van der Waals surface area (Å²) < 4.78 is 0. The van der Waals surface area contributed by atoms with Gasteiger partial charge in [0.05, 0.1) is 4.88 Å². The highest BCUT2D eigenvalue weighted by Gasteiger charge is 2.22. The Kier molecular flexibility index (Phi) is 3.85. The third kappa shape index (κ3) is 3.06. The smallest absolute Gasteiger partial charge is 0.262 e. The minimum Gasteiger partial charge on any atom is -0.368 e. The van der Waals surface area contributed by atoms with E-state index in [1.165, 1.54) is 11.3 Å². The molecule has 82 valence electrons. The number of carbonyl (C=O) groups excluding carboxylic acids is 2. The number of carbonyl (C=O) groups is 2. The number of thiophene rings is 1. The Balaban J connectivity index is 2.67. The molecular formula is C10H14N2O2S. The molecular weight excluding hydrogens is 212 g/mol. The van der Waals surface area contributed by atoms with E-state index >= 15 is 0 Å². The molecule has 5 heteroatoms. The normalized spacial score (nSPS) is 12.5. The molecule has 0 unspecified atom stereocenters. The summed E-state index contributed by atoms with van der Waals surface area (Å²) >= 11 is 1.33. The van der Waals surface area contributed by atoms with E-state index in [0.717, 1.165) is 0 Å². The summed E-state index contributed by atoms with van der Waals surface area (Å²) in [5.41, 5.74) is 5.19. The Morgan fingerprint density at radius 1 is 1.47 bits per heavy atom. The first-order valence-corrected chi connectivity index (χ1v) is 5.54. The molecule has 1 atom stereocenters. The average Bonchev–Trinajstić information content (AvgIpc) is 2.65. The number of hydrogen-bond donors (Lipinski definition) is 2. The van der Waals surface area contributed by atoms with Gasteiger partial charge in [-0.2, -0.15) is 0 Å². The van der Waals surface area contributed by atoms with Gasteiger partial charge in [0.1, 0.15) is 6.04 Å². The molecule has 0 aliphatic carbocycles. The fourth-order valence-electron chi connectivity index (χ4n) is 1.19. The molecule has 2 amide bonds. The standard InChI is InChI=1S/C10H14N2O2S/c1-6(2)8(9(11)13)12-10(14)7-4-3-5-15-7/h3-6,8H,1-2H3,(H2,11,13)(H,12,14)/t8-/m1/s1. The van der Waals surface area contributed by atoms with Crippen molar-refractivity contribution < 1.29 is 9.59 Å². The highest BCUT2D eigenvalue weighted by atomic mass is 32.1. The van der Waals surface area contributed by atoms with Crippen LogP contribution in [0.3, 0.4) is 0 Å². The van der Waals surface area contributed by atoms with Crippen molar-refractivity contribution in [2.75, 3.05) is 0 Å². The Labute approximate surface area is 92.5 Å². The molecule has 1 heterocycles. The third-order valence-corrected chi connectivity index (χ3v) is 2.87. The summed E-state index contributed by atoms with van der Waals surface area (Å²) in [5, 5.41) is 4.42. The van der Waals surface area contributed by atoms with E-state index in [1.54, 1.807) is 12.1 Å². The van der Waals surface area contributed by atoms with Crippen molar-refractivity contribution in [2.24, 2.45) is 11.7 Å². The van der Waals surface area contributed by atoms with Crippen LogP contribution in [0.15, 0.2) is 17.5 Å². The lowest BCUT2D eigenvalue weighted by atomic mass is 10.0. The molecule has 1 rings (SSSR count). The van der Waals surface area contributed by atoms with Crippen LogP contribution >= 0.6 is 11.3 Å². The molecule has 0 aliphatic heterocycles.